The van der Waals surface area contributed by atoms with Crippen LogP contribution in [0.15, 0.2) is 40.2 Å². The number of carbonyl (C=O) groups excluding carboxylic acids is 1. The number of esters is 1. The summed E-state index contributed by atoms with van der Waals surface area (Å²) >= 11 is 8.09. The molecular formula is C23H30ClN3O2S. The number of thioether (sulfide) groups is 1. The molecule has 0 atom stereocenters. The predicted molar refractivity (Wildman–Crippen MR) is 129 cm³/mol. The lowest BCUT2D eigenvalue weighted by atomic mass is 10.1. The second-order valence-corrected chi connectivity index (χ2v) is 9.18. The van der Waals surface area contributed by atoms with E-state index in [-0.39, 0.29) is 5.97 Å². The van der Waals surface area contributed by atoms with Crippen LogP contribution in [0.2, 0.25) is 5.02 Å². The minimum absolute atomic E-state index is 0.316. The summed E-state index contributed by atoms with van der Waals surface area (Å²) in [6.45, 7) is 11.3. The lowest BCUT2D eigenvalue weighted by Gasteiger charge is -2.15. The Hall–Kier alpha value is -2.18. The van der Waals surface area contributed by atoms with E-state index in [1.807, 2.05) is 56.1 Å². The maximum absolute atomic E-state index is 12.5. The van der Waals surface area contributed by atoms with Crippen LogP contribution in [0.4, 0.5) is 17.1 Å². The summed E-state index contributed by atoms with van der Waals surface area (Å²) in [6, 6.07) is 9.55. The Morgan fingerprint density at radius 3 is 2.67 bits per heavy atom. The first-order valence-electron chi connectivity index (χ1n) is 10.0. The molecule has 5 nitrogen and oxygen atoms in total. The number of nitrogens with zero attached hydrogens (tertiary/aromatic N) is 2. The summed E-state index contributed by atoms with van der Waals surface area (Å²) in [4.78, 5) is 19.8. The Labute approximate surface area is 188 Å². The Balaban J connectivity index is 2.33. The van der Waals surface area contributed by atoms with E-state index in [9.17, 15) is 4.79 Å². The van der Waals surface area contributed by atoms with Crippen LogP contribution in [0.5, 0.6) is 0 Å². The van der Waals surface area contributed by atoms with Gasteiger partial charge in [-0.1, -0.05) is 25.4 Å². The van der Waals surface area contributed by atoms with Crippen LogP contribution in [0, 0.1) is 6.92 Å². The molecule has 2 aromatic carbocycles. The molecule has 2 rings (SSSR count). The zero-order valence-electron chi connectivity index (χ0n) is 18.5. The van der Waals surface area contributed by atoms with Crippen LogP contribution in [0.1, 0.15) is 43.6 Å². The molecule has 2 aromatic rings. The number of aryl methyl sites for hydroxylation is 1. The lowest BCUT2D eigenvalue weighted by Crippen LogP contribution is -2.14. The fraction of sp³-hybridized carbons (Fsp3) is 0.391. The van der Waals surface area contributed by atoms with Crippen LogP contribution in [0.25, 0.3) is 0 Å². The molecule has 0 aliphatic rings. The van der Waals surface area contributed by atoms with Crippen molar-refractivity contribution in [2.75, 3.05) is 25.5 Å². The number of benzene rings is 2. The van der Waals surface area contributed by atoms with Gasteiger partial charge in [-0.25, -0.2) is 9.79 Å². The van der Waals surface area contributed by atoms with Gasteiger partial charge in [0, 0.05) is 35.1 Å². The van der Waals surface area contributed by atoms with Crippen LogP contribution in [-0.2, 0) is 4.74 Å². The van der Waals surface area contributed by atoms with Crippen molar-refractivity contribution in [2.45, 2.75) is 44.8 Å². The maximum atomic E-state index is 12.5. The van der Waals surface area contributed by atoms with Gasteiger partial charge in [-0.05, 0) is 56.7 Å². The first-order chi connectivity index (χ1) is 14.2. The normalized spacial score (nSPS) is 11.2. The molecule has 0 saturated carbocycles. The molecule has 0 bridgehead atoms. The number of rotatable bonds is 9. The molecule has 1 N–H and O–H groups in total. The van der Waals surface area contributed by atoms with E-state index in [0.717, 1.165) is 34.1 Å². The fourth-order valence-electron chi connectivity index (χ4n) is 2.63. The molecule has 0 spiro atoms. The van der Waals surface area contributed by atoms with Gasteiger partial charge in [0.2, 0.25) is 0 Å². The van der Waals surface area contributed by atoms with E-state index in [4.69, 9.17) is 16.3 Å². The number of ether oxygens (including phenoxy) is 1. The largest absolute Gasteiger partial charge is 0.462 e. The van der Waals surface area contributed by atoms with Gasteiger partial charge >= 0.3 is 5.97 Å². The summed E-state index contributed by atoms with van der Waals surface area (Å²) in [6.07, 6.45) is 1.77. The number of hydrogen-bond acceptors (Lipinski definition) is 5. The van der Waals surface area contributed by atoms with Gasteiger partial charge in [-0.2, -0.15) is 0 Å². The van der Waals surface area contributed by atoms with E-state index < -0.39 is 0 Å². The van der Waals surface area contributed by atoms with E-state index in [1.165, 1.54) is 0 Å². The van der Waals surface area contributed by atoms with Gasteiger partial charge in [0.05, 0.1) is 29.2 Å². The highest BCUT2D eigenvalue weighted by Gasteiger charge is 2.16. The van der Waals surface area contributed by atoms with E-state index in [2.05, 4.69) is 31.1 Å². The topological polar surface area (TPSA) is 53.9 Å². The van der Waals surface area contributed by atoms with Gasteiger partial charge in [-0.15, -0.1) is 11.8 Å². The smallest absolute Gasteiger partial charge is 0.339 e. The second-order valence-electron chi connectivity index (χ2n) is 7.16. The van der Waals surface area contributed by atoms with E-state index in [1.54, 1.807) is 18.1 Å². The third kappa shape index (κ3) is 6.67. The molecule has 7 heteroatoms. The van der Waals surface area contributed by atoms with Crippen molar-refractivity contribution in [1.29, 1.82) is 0 Å². The molecule has 0 aliphatic heterocycles. The molecule has 0 heterocycles. The molecule has 0 saturated heterocycles. The van der Waals surface area contributed by atoms with Crippen molar-refractivity contribution >= 4 is 52.7 Å². The van der Waals surface area contributed by atoms with Gasteiger partial charge in [0.1, 0.15) is 0 Å². The summed E-state index contributed by atoms with van der Waals surface area (Å²) in [5.41, 5.74) is 3.95. The molecule has 0 amide bonds. The highest BCUT2D eigenvalue weighted by atomic mass is 35.5. The molecule has 162 valence electrons. The van der Waals surface area contributed by atoms with Crippen molar-refractivity contribution in [2.24, 2.45) is 4.99 Å². The minimum atomic E-state index is -0.316. The number of carbonyl (C=O) groups is 1. The number of halogens is 1. The molecule has 0 unspecified atom stereocenters. The van der Waals surface area contributed by atoms with Crippen molar-refractivity contribution < 1.29 is 9.53 Å². The molecular weight excluding hydrogens is 418 g/mol. The van der Waals surface area contributed by atoms with Gasteiger partial charge < -0.3 is 15.0 Å². The van der Waals surface area contributed by atoms with Gasteiger partial charge in [-0.3, -0.25) is 0 Å². The number of aliphatic imine (C=N–C) groups is 1. The summed E-state index contributed by atoms with van der Waals surface area (Å²) in [5, 5.41) is 4.29. The van der Waals surface area contributed by atoms with Crippen LogP contribution >= 0.6 is 23.4 Å². The summed E-state index contributed by atoms with van der Waals surface area (Å²) < 4.78 is 5.25. The molecule has 30 heavy (non-hydrogen) atoms. The highest BCUT2D eigenvalue weighted by Crippen LogP contribution is 2.34. The average Bonchev–Trinajstić information content (AvgIpc) is 2.70. The molecule has 0 radical (unpaired) electrons. The quantitative estimate of drug-likeness (QED) is 0.201. The van der Waals surface area contributed by atoms with Crippen molar-refractivity contribution in [3.05, 3.63) is 46.5 Å². The Morgan fingerprint density at radius 2 is 2.03 bits per heavy atom. The fourth-order valence-corrected chi connectivity index (χ4v) is 3.77. The van der Waals surface area contributed by atoms with Crippen molar-refractivity contribution in [3.63, 3.8) is 0 Å². The third-order valence-corrected chi connectivity index (χ3v) is 5.69. The van der Waals surface area contributed by atoms with E-state index in [0.29, 0.717) is 22.4 Å². The first kappa shape index (κ1) is 24.1. The minimum Gasteiger partial charge on any atom is -0.462 e. The molecule has 0 aromatic heterocycles. The van der Waals surface area contributed by atoms with Crippen LogP contribution in [0.3, 0.4) is 0 Å². The van der Waals surface area contributed by atoms with Crippen LogP contribution < -0.4 is 5.32 Å². The zero-order valence-corrected chi connectivity index (χ0v) is 20.0. The molecule has 0 fully saturated rings. The van der Waals surface area contributed by atoms with Crippen molar-refractivity contribution in [3.8, 4) is 0 Å². The number of hydrogen-bond donors (Lipinski definition) is 1. The highest BCUT2D eigenvalue weighted by molar-refractivity contribution is 8.00. The van der Waals surface area contributed by atoms with Crippen LogP contribution in [-0.4, -0.2) is 42.7 Å². The van der Waals surface area contributed by atoms with Crippen molar-refractivity contribution in [1.82, 2.24) is 4.90 Å². The zero-order chi connectivity index (χ0) is 22.3. The SMILES string of the molecule is CCOC(=O)c1cc(Nc2cc(Cl)c(/N=C/N(C)CC)cc2C)ccc1SC(C)C. The molecule has 0 aliphatic carbocycles. The Morgan fingerprint density at radius 1 is 1.30 bits per heavy atom. The monoisotopic (exact) mass is 447 g/mol. The average molecular weight is 448 g/mol. The first-order valence-corrected chi connectivity index (χ1v) is 11.3. The maximum Gasteiger partial charge on any atom is 0.339 e. The lowest BCUT2D eigenvalue weighted by molar-refractivity contribution is 0.0522. The van der Waals surface area contributed by atoms with Gasteiger partial charge in [0.15, 0.2) is 0 Å². The van der Waals surface area contributed by atoms with E-state index >= 15 is 0 Å². The second kappa shape index (κ2) is 11.3. The standard InChI is InChI=1S/C23H30ClN3O2S/c1-7-27(6)14-25-21-11-16(5)20(13-19(21)24)26-17-9-10-22(30-15(3)4)18(12-17)23(28)29-8-2/h9-15,26H,7-8H2,1-6H3/b25-14+. The number of anilines is 2. The Bertz CT molecular complexity index is 916. The summed E-state index contributed by atoms with van der Waals surface area (Å²) in [7, 11) is 1.96. The third-order valence-electron chi connectivity index (χ3n) is 4.30. The summed E-state index contributed by atoms with van der Waals surface area (Å²) in [5.74, 6) is -0.316. The predicted octanol–water partition coefficient (Wildman–Crippen LogP) is 6.68. The number of nitrogens with one attached hydrogen (secondary N) is 1. The van der Waals surface area contributed by atoms with Gasteiger partial charge in [0.25, 0.3) is 0 Å². The Kier molecular flexibility index (Phi) is 9.06.